The summed E-state index contributed by atoms with van der Waals surface area (Å²) in [7, 11) is 1.68. The molecule has 0 aromatic heterocycles. The molecule has 0 amide bonds. The van der Waals surface area contributed by atoms with Crippen LogP contribution in [-0.2, 0) is 6.54 Å². The van der Waals surface area contributed by atoms with Crippen LogP contribution >= 0.6 is 11.8 Å². The zero-order chi connectivity index (χ0) is 13.0. The number of ether oxygens (including phenoxy) is 1. The maximum atomic E-state index is 5.79. The number of rotatable bonds is 4. The Kier molecular flexibility index (Phi) is 4.28. The maximum absolute atomic E-state index is 5.79. The van der Waals surface area contributed by atoms with Crippen LogP contribution in [0.5, 0.6) is 5.75 Å². The van der Waals surface area contributed by atoms with Gasteiger partial charge in [0.1, 0.15) is 5.75 Å². The highest BCUT2D eigenvalue weighted by molar-refractivity contribution is 7.99. The average molecular weight is 259 g/mol. The van der Waals surface area contributed by atoms with Crippen LogP contribution in [0.1, 0.15) is 11.1 Å². The van der Waals surface area contributed by atoms with Gasteiger partial charge in [-0.3, -0.25) is 0 Å². The first-order valence-corrected chi connectivity index (χ1v) is 6.66. The number of hydrogen-bond acceptors (Lipinski definition) is 3. The fourth-order valence-corrected chi connectivity index (χ4v) is 2.80. The van der Waals surface area contributed by atoms with Crippen molar-refractivity contribution in [3.63, 3.8) is 0 Å². The van der Waals surface area contributed by atoms with E-state index in [9.17, 15) is 0 Å². The van der Waals surface area contributed by atoms with Crippen LogP contribution in [0.4, 0.5) is 0 Å². The predicted molar refractivity (Wildman–Crippen MR) is 76.2 cm³/mol. The molecule has 3 heteroatoms. The van der Waals surface area contributed by atoms with E-state index in [1.54, 1.807) is 18.9 Å². The Morgan fingerprint density at radius 2 is 1.83 bits per heavy atom. The third-order valence-electron chi connectivity index (χ3n) is 2.79. The van der Waals surface area contributed by atoms with Crippen LogP contribution in [0.15, 0.2) is 52.3 Å². The minimum atomic E-state index is 0.570. The zero-order valence-electron chi connectivity index (χ0n) is 10.6. The molecule has 0 aliphatic rings. The number of nitrogens with two attached hydrogens (primary N) is 1. The molecule has 0 aliphatic heterocycles. The minimum absolute atomic E-state index is 0.570. The largest absolute Gasteiger partial charge is 0.497 e. The van der Waals surface area contributed by atoms with Gasteiger partial charge in [0, 0.05) is 16.3 Å². The van der Waals surface area contributed by atoms with Gasteiger partial charge >= 0.3 is 0 Å². The van der Waals surface area contributed by atoms with Gasteiger partial charge in [-0.2, -0.15) is 0 Å². The van der Waals surface area contributed by atoms with Gasteiger partial charge in [-0.15, -0.1) is 0 Å². The van der Waals surface area contributed by atoms with Crippen molar-refractivity contribution < 1.29 is 4.74 Å². The molecule has 0 unspecified atom stereocenters. The molecular weight excluding hydrogens is 242 g/mol. The number of benzene rings is 2. The lowest BCUT2D eigenvalue weighted by molar-refractivity contribution is 0.414. The molecule has 0 saturated carbocycles. The molecule has 0 heterocycles. The van der Waals surface area contributed by atoms with E-state index in [0.29, 0.717) is 6.54 Å². The van der Waals surface area contributed by atoms with Gasteiger partial charge in [-0.05, 0) is 42.3 Å². The molecule has 0 saturated heterocycles. The molecule has 2 aromatic carbocycles. The summed E-state index contributed by atoms with van der Waals surface area (Å²) in [5, 5.41) is 0. The Morgan fingerprint density at radius 3 is 2.44 bits per heavy atom. The van der Waals surface area contributed by atoms with Crippen molar-refractivity contribution in [1.82, 2.24) is 0 Å². The fourth-order valence-electron chi connectivity index (χ4n) is 1.78. The average Bonchev–Trinajstić information content (AvgIpc) is 2.42. The van der Waals surface area contributed by atoms with Gasteiger partial charge in [-0.25, -0.2) is 0 Å². The first-order chi connectivity index (χ1) is 8.74. The zero-order valence-corrected chi connectivity index (χ0v) is 11.5. The van der Waals surface area contributed by atoms with E-state index in [1.807, 2.05) is 12.1 Å². The highest BCUT2D eigenvalue weighted by Gasteiger charge is 2.06. The molecular formula is C15H17NOS. The highest BCUT2D eigenvalue weighted by Crippen LogP contribution is 2.33. The molecule has 0 atom stereocenters. The van der Waals surface area contributed by atoms with E-state index < -0.39 is 0 Å². The molecule has 2 N–H and O–H groups in total. The van der Waals surface area contributed by atoms with Crippen molar-refractivity contribution in [1.29, 1.82) is 0 Å². The van der Waals surface area contributed by atoms with Crippen molar-refractivity contribution in [2.45, 2.75) is 23.3 Å². The predicted octanol–water partition coefficient (Wildman–Crippen LogP) is 3.61. The second-order valence-electron chi connectivity index (χ2n) is 4.04. The smallest absolute Gasteiger partial charge is 0.118 e. The first kappa shape index (κ1) is 13.0. The number of hydrogen-bond donors (Lipinski definition) is 1. The monoisotopic (exact) mass is 259 g/mol. The lowest BCUT2D eigenvalue weighted by Crippen LogP contribution is -1.99. The van der Waals surface area contributed by atoms with Gasteiger partial charge < -0.3 is 10.5 Å². The Morgan fingerprint density at radius 1 is 1.11 bits per heavy atom. The number of methoxy groups -OCH3 is 1. The molecule has 0 radical (unpaired) electrons. The molecule has 2 rings (SSSR count). The van der Waals surface area contributed by atoms with Crippen LogP contribution in [0, 0.1) is 6.92 Å². The maximum Gasteiger partial charge on any atom is 0.118 e. The second kappa shape index (κ2) is 5.94. The quantitative estimate of drug-likeness (QED) is 0.911. The summed E-state index contributed by atoms with van der Waals surface area (Å²) in [6.45, 7) is 2.69. The van der Waals surface area contributed by atoms with Crippen LogP contribution in [0.2, 0.25) is 0 Å². The van der Waals surface area contributed by atoms with Gasteiger partial charge in [0.15, 0.2) is 0 Å². The molecule has 2 aromatic rings. The van der Waals surface area contributed by atoms with Crippen LogP contribution in [0.3, 0.4) is 0 Å². The summed E-state index contributed by atoms with van der Waals surface area (Å²) in [6, 6.07) is 14.3. The van der Waals surface area contributed by atoms with Crippen molar-refractivity contribution >= 4 is 11.8 Å². The van der Waals surface area contributed by atoms with Crippen LogP contribution < -0.4 is 10.5 Å². The van der Waals surface area contributed by atoms with E-state index in [-0.39, 0.29) is 0 Å². The van der Waals surface area contributed by atoms with Crippen molar-refractivity contribution in [2.24, 2.45) is 5.73 Å². The normalized spacial score (nSPS) is 10.4. The van der Waals surface area contributed by atoms with Crippen LogP contribution in [0.25, 0.3) is 0 Å². The van der Waals surface area contributed by atoms with Gasteiger partial charge in [0.25, 0.3) is 0 Å². The van der Waals surface area contributed by atoms with E-state index in [2.05, 4.69) is 37.3 Å². The summed E-state index contributed by atoms with van der Waals surface area (Å²) in [5.74, 6) is 0.878. The topological polar surface area (TPSA) is 35.2 Å². The van der Waals surface area contributed by atoms with Gasteiger partial charge in [0.2, 0.25) is 0 Å². The van der Waals surface area contributed by atoms with E-state index in [4.69, 9.17) is 10.5 Å². The third-order valence-corrected chi connectivity index (χ3v) is 4.09. The third kappa shape index (κ3) is 2.86. The molecule has 94 valence electrons. The lowest BCUT2D eigenvalue weighted by Gasteiger charge is -2.11. The minimum Gasteiger partial charge on any atom is -0.497 e. The molecule has 2 nitrogen and oxygen atoms in total. The Labute approximate surface area is 112 Å². The van der Waals surface area contributed by atoms with E-state index in [0.717, 1.165) is 5.75 Å². The van der Waals surface area contributed by atoms with Crippen molar-refractivity contribution in [2.75, 3.05) is 7.11 Å². The first-order valence-electron chi connectivity index (χ1n) is 5.85. The molecule has 18 heavy (non-hydrogen) atoms. The molecule has 0 aliphatic carbocycles. The molecule has 0 fully saturated rings. The SMILES string of the molecule is COc1ccc(Sc2c(C)cccc2CN)cc1. The summed E-state index contributed by atoms with van der Waals surface area (Å²) >= 11 is 1.75. The second-order valence-corrected chi connectivity index (χ2v) is 5.13. The Hall–Kier alpha value is -1.45. The standard InChI is InChI=1S/C15H17NOS/c1-11-4-3-5-12(10-16)15(11)18-14-8-6-13(17-2)7-9-14/h3-9H,10,16H2,1-2H3. The van der Waals surface area contributed by atoms with Crippen molar-refractivity contribution in [3.8, 4) is 5.75 Å². The van der Waals surface area contributed by atoms with Crippen LogP contribution in [-0.4, -0.2) is 7.11 Å². The molecule has 0 spiro atoms. The summed E-state index contributed by atoms with van der Waals surface area (Å²) in [5.41, 5.74) is 8.24. The Bertz CT molecular complexity index is 523. The molecule has 0 bridgehead atoms. The van der Waals surface area contributed by atoms with E-state index >= 15 is 0 Å². The Balaban J connectivity index is 2.27. The summed E-state index contributed by atoms with van der Waals surface area (Å²) in [6.07, 6.45) is 0. The van der Waals surface area contributed by atoms with Gasteiger partial charge in [-0.1, -0.05) is 30.0 Å². The summed E-state index contributed by atoms with van der Waals surface area (Å²) in [4.78, 5) is 2.45. The highest BCUT2D eigenvalue weighted by atomic mass is 32.2. The van der Waals surface area contributed by atoms with Gasteiger partial charge in [0.05, 0.1) is 7.11 Å². The van der Waals surface area contributed by atoms with Crippen molar-refractivity contribution in [3.05, 3.63) is 53.6 Å². The summed E-state index contributed by atoms with van der Waals surface area (Å²) < 4.78 is 5.16. The lowest BCUT2D eigenvalue weighted by atomic mass is 10.1. The van der Waals surface area contributed by atoms with E-state index in [1.165, 1.54) is 20.9 Å². The fraction of sp³-hybridized carbons (Fsp3) is 0.200. The number of aryl methyl sites for hydroxylation is 1.